The molecule has 0 fully saturated rings. The molecule has 0 aliphatic carbocycles. The Hall–Kier alpha value is -3.88. The molecule has 4 aromatic rings. The zero-order valence-electron chi connectivity index (χ0n) is 18.8. The van der Waals surface area contributed by atoms with E-state index in [9.17, 15) is 4.79 Å². The fourth-order valence-electron chi connectivity index (χ4n) is 4.03. The van der Waals surface area contributed by atoms with Crippen LogP contribution in [0.15, 0.2) is 78.3 Å². The smallest absolute Gasteiger partial charge is 0.255 e. The van der Waals surface area contributed by atoms with Crippen molar-refractivity contribution in [3.63, 3.8) is 0 Å². The highest BCUT2D eigenvalue weighted by Gasteiger charge is 2.36. The molecule has 5 rings (SSSR count). The maximum absolute atomic E-state index is 13.7. The second kappa shape index (κ2) is 9.40. The van der Waals surface area contributed by atoms with Crippen LogP contribution in [0.1, 0.15) is 18.5 Å². The molecule has 176 valence electrons. The van der Waals surface area contributed by atoms with Gasteiger partial charge in [0.2, 0.25) is 5.95 Å². The minimum Gasteiger partial charge on any atom is -0.495 e. The number of rotatable bonds is 5. The zero-order valence-corrected chi connectivity index (χ0v) is 20.3. The highest BCUT2D eigenvalue weighted by Crippen LogP contribution is 2.41. The van der Waals surface area contributed by atoms with Gasteiger partial charge in [-0.2, -0.15) is 4.98 Å². The first kappa shape index (κ1) is 22.9. The van der Waals surface area contributed by atoms with E-state index in [0.29, 0.717) is 50.1 Å². The van der Waals surface area contributed by atoms with E-state index in [1.807, 2.05) is 37.3 Å². The van der Waals surface area contributed by atoms with Crippen LogP contribution in [0.25, 0.3) is 11.4 Å². The van der Waals surface area contributed by atoms with Crippen molar-refractivity contribution in [1.29, 1.82) is 0 Å². The number of para-hydroxylation sites is 2. The number of amides is 1. The highest BCUT2D eigenvalue weighted by atomic mass is 35.5. The van der Waals surface area contributed by atoms with E-state index >= 15 is 0 Å². The summed E-state index contributed by atoms with van der Waals surface area (Å²) in [5.74, 6) is 1.16. The number of nitrogens with one attached hydrogen (secondary N) is 2. The van der Waals surface area contributed by atoms with Gasteiger partial charge in [0.1, 0.15) is 11.8 Å². The number of pyridine rings is 1. The molecule has 2 aromatic heterocycles. The number of ether oxygens (including phenoxy) is 1. The summed E-state index contributed by atoms with van der Waals surface area (Å²) in [5, 5.41) is 11.6. The Morgan fingerprint density at radius 3 is 2.63 bits per heavy atom. The second-order valence-electron chi connectivity index (χ2n) is 7.80. The van der Waals surface area contributed by atoms with Crippen molar-refractivity contribution in [1.82, 2.24) is 19.7 Å². The molecule has 8 nitrogen and oxygen atoms in total. The van der Waals surface area contributed by atoms with Crippen molar-refractivity contribution >= 4 is 40.7 Å². The number of fused-ring (bicyclic) bond motifs is 1. The molecule has 0 radical (unpaired) electrons. The van der Waals surface area contributed by atoms with E-state index in [-0.39, 0.29) is 5.91 Å². The standard InChI is InChI=1S/C25H20Cl2N6O2/c1-14-20(24(34)30-18-8-3-4-9-19(18)35-2)22(16-6-5-7-17(26)21(16)27)33-25(29-14)31-23(32-33)15-10-12-28-13-11-15/h3-13,22H,1-2H3,(H,30,34)(H,29,31,32). The SMILES string of the molecule is COc1ccccc1NC(=O)C1=C(C)Nc2nc(-c3ccncc3)nn2C1c1cccc(Cl)c1Cl. The van der Waals surface area contributed by atoms with Crippen molar-refractivity contribution < 1.29 is 9.53 Å². The molecule has 0 saturated carbocycles. The van der Waals surface area contributed by atoms with Crippen LogP contribution >= 0.6 is 23.2 Å². The number of carbonyl (C=O) groups is 1. The summed E-state index contributed by atoms with van der Waals surface area (Å²) in [4.78, 5) is 22.4. The Morgan fingerprint density at radius 1 is 1.09 bits per heavy atom. The lowest BCUT2D eigenvalue weighted by molar-refractivity contribution is -0.113. The van der Waals surface area contributed by atoms with Gasteiger partial charge in [-0.15, -0.1) is 5.10 Å². The van der Waals surface area contributed by atoms with Crippen molar-refractivity contribution in [3.8, 4) is 17.1 Å². The van der Waals surface area contributed by atoms with Crippen LogP contribution in [0.2, 0.25) is 10.0 Å². The lowest BCUT2D eigenvalue weighted by atomic mass is 9.95. The topological polar surface area (TPSA) is 94.0 Å². The number of nitrogens with zero attached hydrogens (tertiary/aromatic N) is 4. The Bertz CT molecular complexity index is 1450. The highest BCUT2D eigenvalue weighted by molar-refractivity contribution is 6.42. The number of hydrogen-bond donors (Lipinski definition) is 2. The molecular formula is C25H20Cl2N6O2. The summed E-state index contributed by atoms with van der Waals surface area (Å²) < 4.78 is 7.05. The van der Waals surface area contributed by atoms with Gasteiger partial charge in [-0.3, -0.25) is 9.78 Å². The number of carbonyl (C=O) groups excluding carboxylic acids is 1. The maximum Gasteiger partial charge on any atom is 0.255 e. The number of hydrogen-bond acceptors (Lipinski definition) is 6. The van der Waals surface area contributed by atoms with Gasteiger partial charge in [0.25, 0.3) is 5.91 Å². The summed E-state index contributed by atoms with van der Waals surface area (Å²) >= 11 is 13.0. The quantitative estimate of drug-likeness (QED) is 0.366. The number of benzene rings is 2. The molecule has 2 N–H and O–H groups in total. The first-order chi connectivity index (χ1) is 17.0. The minimum atomic E-state index is -0.685. The molecular weight excluding hydrogens is 487 g/mol. The largest absolute Gasteiger partial charge is 0.495 e. The van der Waals surface area contributed by atoms with E-state index in [1.54, 1.807) is 48.5 Å². The molecule has 1 atom stereocenters. The van der Waals surface area contributed by atoms with Crippen molar-refractivity contribution in [2.45, 2.75) is 13.0 Å². The van der Waals surface area contributed by atoms with Gasteiger partial charge >= 0.3 is 0 Å². The number of methoxy groups -OCH3 is 1. The third-order valence-corrected chi connectivity index (χ3v) is 6.50. The predicted octanol–water partition coefficient (Wildman–Crippen LogP) is 5.58. The molecule has 10 heteroatoms. The van der Waals surface area contributed by atoms with Gasteiger partial charge in [-0.05, 0) is 37.3 Å². The molecule has 2 aromatic carbocycles. The number of anilines is 2. The Balaban J connectivity index is 1.64. The van der Waals surface area contributed by atoms with Crippen LogP contribution in [-0.4, -0.2) is 32.8 Å². The number of halogens is 2. The van der Waals surface area contributed by atoms with Crippen molar-refractivity contribution in [3.05, 3.63) is 93.9 Å². The van der Waals surface area contributed by atoms with Gasteiger partial charge in [0.15, 0.2) is 5.82 Å². The fraction of sp³-hybridized carbons (Fsp3) is 0.120. The summed E-state index contributed by atoms with van der Waals surface area (Å²) in [7, 11) is 1.55. The summed E-state index contributed by atoms with van der Waals surface area (Å²) in [5.41, 5.74) is 2.98. The van der Waals surface area contributed by atoms with Crippen LogP contribution in [0.3, 0.4) is 0 Å². The van der Waals surface area contributed by atoms with Crippen LogP contribution in [0, 0.1) is 0 Å². The van der Waals surface area contributed by atoms with Crippen LogP contribution in [0.5, 0.6) is 5.75 Å². The molecule has 1 aliphatic heterocycles. The lowest BCUT2D eigenvalue weighted by Crippen LogP contribution is -2.31. The monoisotopic (exact) mass is 506 g/mol. The van der Waals surface area contributed by atoms with Gasteiger partial charge in [-0.1, -0.05) is 47.5 Å². The number of allylic oxidation sites excluding steroid dienone is 1. The zero-order chi connectivity index (χ0) is 24.5. The molecule has 0 bridgehead atoms. The third-order valence-electron chi connectivity index (χ3n) is 5.67. The summed E-state index contributed by atoms with van der Waals surface area (Å²) in [6.07, 6.45) is 3.34. The first-order valence-electron chi connectivity index (χ1n) is 10.7. The third kappa shape index (κ3) is 4.22. The molecule has 0 saturated heterocycles. The van der Waals surface area contributed by atoms with Gasteiger partial charge in [0, 0.05) is 29.2 Å². The molecule has 0 spiro atoms. The molecule has 1 amide bonds. The van der Waals surface area contributed by atoms with Gasteiger partial charge < -0.3 is 15.4 Å². The van der Waals surface area contributed by atoms with E-state index in [2.05, 4.69) is 20.6 Å². The van der Waals surface area contributed by atoms with E-state index in [1.165, 1.54) is 0 Å². The van der Waals surface area contributed by atoms with Gasteiger partial charge in [0.05, 0.1) is 28.4 Å². The Morgan fingerprint density at radius 2 is 1.86 bits per heavy atom. The Labute approximate surface area is 211 Å². The summed E-state index contributed by atoms with van der Waals surface area (Å²) in [6.45, 7) is 1.81. The average molecular weight is 507 g/mol. The molecule has 3 heterocycles. The van der Waals surface area contributed by atoms with Gasteiger partial charge in [-0.25, -0.2) is 4.68 Å². The van der Waals surface area contributed by atoms with E-state index in [4.69, 9.17) is 33.0 Å². The summed E-state index contributed by atoms with van der Waals surface area (Å²) in [6, 6.07) is 15.5. The lowest BCUT2D eigenvalue weighted by Gasteiger charge is -2.29. The average Bonchev–Trinajstić information content (AvgIpc) is 3.29. The fourth-order valence-corrected chi connectivity index (χ4v) is 4.44. The van der Waals surface area contributed by atoms with Crippen LogP contribution in [0.4, 0.5) is 11.6 Å². The predicted molar refractivity (Wildman–Crippen MR) is 136 cm³/mol. The molecule has 1 unspecified atom stereocenters. The molecule has 1 aliphatic rings. The van der Waals surface area contributed by atoms with Crippen molar-refractivity contribution in [2.75, 3.05) is 17.7 Å². The maximum atomic E-state index is 13.7. The second-order valence-corrected chi connectivity index (χ2v) is 8.59. The first-order valence-corrected chi connectivity index (χ1v) is 11.5. The minimum absolute atomic E-state index is 0.336. The van der Waals surface area contributed by atoms with E-state index in [0.717, 1.165) is 5.56 Å². The van der Waals surface area contributed by atoms with Crippen molar-refractivity contribution in [2.24, 2.45) is 0 Å². The number of aromatic nitrogens is 4. The molecule has 35 heavy (non-hydrogen) atoms. The Kier molecular flexibility index (Phi) is 6.15. The van der Waals surface area contributed by atoms with E-state index < -0.39 is 6.04 Å². The van der Waals surface area contributed by atoms with Crippen LogP contribution < -0.4 is 15.4 Å². The normalized spacial score (nSPS) is 14.8. The van der Waals surface area contributed by atoms with Crippen LogP contribution in [-0.2, 0) is 4.79 Å².